The quantitative estimate of drug-likeness (QED) is 0.726. The molecule has 0 saturated heterocycles. The molecular weight excluding hydrogens is 270 g/mol. The number of aliphatic hydroxyl groups excluding tert-OH is 1. The first kappa shape index (κ1) is 17.0. The number of anilines is 1. The Kier molecular flexibility index (Phi) is 6.66. The van der Waals surface area contributed by atoms with E-state index in [-0.39, 0.29) is 12.5 Å². The number of nitriles is 1. The Morgan fingerprint density at radius 3 is 2.86 bits per heavy atom. The minimum absolute atomic E-state index is 0.137. The monoisotopic (exact) mass is 291 g/mol. The van der Waals surface area contributed by atoms with Gasteiger partial charge in [0.05, 0.1) is 30.9 Å². The Bertz CT molecular complexity index is 523. The van der Waals surface area contributed by atoms with Crippen LogP contribution in [-0.4, -0.2) is 44.9 Å². The first-order valence-electron chi connectivity index (χ1n) is 6.68. The third kappa shape index (κ3) is 5.06. The molecule has 1 atom stereocenters. The number of hydrogen-bond donors (Lipinski definition) is 2. The Morgan fingerprint density at radius 2 is 2.29 bits per heavy atom. The number of likely N-dealkylation sites (N-methyl/N-ethyl adjacent to an activating group) is 1. The maximum absolute atomic E-state index is 11.8. The molecule has 21 heavy (non-hydrogen) atoms. The van der Waals surface area contributed by atoms with Gasteiger partial charge in [0.15, 0.2) is 0 Å². The maximum Gasteiger partial charge on any atom is 0.239 e. The van der Waals surface area contributed by atoms with Crippen LogP contribution in [0.2, 0.25) is 0 Å². The molecule has 0 unspecified atom stereocenters. The molecule has 1 rings (SSSR count). The van der Waals surface area contributed by atoms with E-state index in [1.165, 1.54) is 0 Å². The lowest BCUT2D eigenvalue weighted by atomic mass is 10.0. The normalized spacial score (nSPS) is 11.6. The second-order valence-electron chi connectivity index (χ2n) is 4.76. The summed E-state index contributed by atoms with van der Waals surface area (Å²) < 4.78 is 4.87. The maximum atomic E-state index is 11.8. The average Bonchev–Trinajstić information content (AvgIpc) is 2.46. The summed E-state index contributed by atoms with van der Waals surface area (Å²) in [4.78, 5) is 13.5. The molecule has 0 aromatic heterocycles. The topological polar surface area (TPSA) is 85.6 Å². The summed E-state index contributed by atoms with van der Waals surface area (Å²) in [6, 6.07) is 7.09. The van der Waals surface area contributed by atoms with Gasteiger partial charge in [0.25, 0.3) is 0 Å². The van der Waals surface area contributed by atoms with Crippen molar-refractivity contribution in [2.45, 2.75) is 13.0 Å². The predicted molar refractivity (Wildman–Crippen MR) is 79.9 cm³/mol. The Morgan fingerprint density at radius 1 is 1.57 bits per heavy atom. The molecule has 0 saturated carbocycles. The summed E-state index contributed by atoms with van der Waals surface area (Å²) in [7, 11) is 3.32. The molecule has 1 aromatic rings. The smallest absolute Gasteiger partial charge is 0.239 e. The molecule has 114 valence electrons. The highest BCUT2D eigenvalue weighted by Gasteiger charge is 2.15. The van der Waals surface area contributed by atoms with E-state index < -0.39 is 6.10 Å². The number of nitrogens with one attached hydrogen (secondary N) is 1. The Balaban J connectivity index is 2.83. The zero-order chi connectivity index (χ0) is 15.8. The summed E-state index contributed by atoms with van der Waals surface area (Å²) >= 11 is 0. The highest BCUT2D eigenvalue weighted by Crippen LogP contribution is 2.26. The number of ether oxygens (including phenoxy) is 1. The van der Waals surface area contributed by atoms with Crippen LogP contribution in [0.15, 0.2) is 18.2 Å². The third-order valence-corrected chi connectivity index (χ3v) is 3.03. The Labute approximate surface area is 124 Å². The zero-order valence-electron chi connectivity index (χ0n) is 12.6. The van der Waals surface area contributed by atoms with Crippen molar-refractivity contribution in [3.05, 3.63) is 29.3 Å². The van der Waals surface area contributed by atoms with Crippen LogP contribution < -0.4 is 10.2 Å². The van der Waals surface area contributed by atoms with Gasteiger partial charge in [0.2, 0.25) is 5.91 Å². The number of rotatable bonds is 7. The molecule has 0 aliphatic rings. The number of hydrogen-bond acceptors (Lipinski definition) is 5. The van der Waals surface area contributed by atoms with Gasteiger partial charge in [-0.1, -0.05) is 6.07 Å². The van der Waals surface area contributed by atoms with Gasteiger partial charge in [-0.25, -0.2) is 0 Å². The minimum Gasteiger partial charge on any atom is -0.389 e. The second kappa shape index (κ2) is 8.25. The van der Waals surface area contributed by atoms with Crippen molar-refractivity contribution in [2.24, 2.45) is 0 Å². The van der Waals surface area contributed by atoms with Gasteiger partial charge < -0.3 is 20.1 Å². The largest absolute Gasteiger partial charge is 0.389 e. The van der Waals surface area contributed by atoms with Crippen molar-refractivity contribution in [1.29, 1.82) is 5.26 Å². The van der Waals surface area contributed by atoms with Crippen LogP contribution in [0.4, 0.5) is 5.69 Å². The van der Waals surface area contributed by atoms with Gasteiger partial charge >= 0.3 is 0 Å². The average molecular weight is 291 g/mol. The van der Waals surface area contributed by atoms with Crippen molar-refractivity contribution in [1.82, 2.24) is 5.32 Å². The highest BCUT2D eigenvalue weighted by atomic mass is 16.5. The molecule has 1 amide bonds. The first-order valence-corrected chi connectivity index (χ1v) is 6.68. The SMILES string of the molecule is COCCNC(=O)CN(C)c1cc(C#N)ccc1[C@H](C)O. The van der Waals surface area contributed by atoms with Crippen LogP contribution in [0, 0.1) is 11.3 Å². The van der Waals surface area contributed by atoms with Gasteiger partial charge in [-0.05, 0) is 19.1 Å². The van der Waals surface area contributed by atoms with Crippen molar-refractivity contribution < 1.29 is 14.6 Å². The highest BCUT2D eigenvalue weighted by molar-refractivity contribution is 5.81. The lowest BCUT2D eigenvalue weighted by Gasteiger charge is -2.23. The number of carbonyl (C=O) groups is 1. The predicted octanol–water partition coefficient (Wildman–Crippen LogP) is 0.810. The fourth-order valence-electron chi connectivity index (χ4n) is 1.95. The molecule has 1 aromatic carbocycles. The number of methoxy groups -OCH3 is 1. The summed E-state index contributed by atoms with van der Waals surface area (Å²) in [5.74, 6) is -0.145. The Hall–Kier alpha value is -2.10. The summed E-state index contributed by atoms with van der Waals surface area (Å²) in [6.07, 6.45) is -0.674. The molecule has 0 radical (unpaired) electrons. The van der Waals surface area contributed by atoms with Crippen LogP contribution in [0.5, 0.6) is 0 Å². The van der Waals surface area contributed by atoms with Gasteiger partial charge in [-0.2, -0.15) is 5.26 Å². The molecule has 0 spiro atoms. The van der Waals surface area contributed by atoms with Crippen molar-refractivity contribution in [2.75, 3.05) is 38.8 Å². The zero-order valence-corrected chi connectivity index (χ0v) is 12.6. The van der Waals surface area contributed by atoms with Crippen molar-refractivity contribution in [3.8, 4) is 6.07 Å². The van der Waals surface area contributed by atoms with Crippen LogP contribution in [0.1, 0.15) is 24.2 Å². The van der Waals surface area contributed by atoms with E-state index >= 15 is 0 Å². The van der Waals surface area contributed by atoms with Crippen LogP contribution in [0.3, 0.4) is 0 Å². The molecule has 0 bridgehead atoms. The van der Waals surface area contributed by atoms with Crippen molar-refractivity contribution >= 4 is 11.6 Å². The lowest BCUT2D eigenvalue weighted by Crippen LogP contribution is -2.37. The molecular formula is C15H21N3O3. The fraction of sp³-hybridized carbons (Fsp3) is 0.467. The van der Waals surface area contributed by atoms with E-state index in [2.05, 4.69) is 11.4 Å². The summed E-state index contributed by atoms with van der Waals surface area (Å²) in [5, 5.41) is 21.5. The van der Waals surface area contributed by atoms with Crippen LogP contribution in [-0.2, 0) is 9.53 Å². The number of benzene rings is 1. The fourth-order valence-corrected chi connectivity index (χ4v) is 1.95. The van der Waals surface area contributed by atoms with E-state index in [0.717, 1.165) is 0 Å². The van der Waals surface area contributed by atoms with Crippen LogP contribution >= 0.6 is 0 Å². The van der Waals surface area contributed by atoms with E-state index in [4.69, 9.17) is 10.00 Å². The molecule has 0 aliphatic heterocycles. The lowest BCUT2D eigenvalue weighted by molar-refractivity contribution is -0.119. The van der Waals surface area contributed by atoms with Gasteiger partial charge in [-0.15, -0.1) is 0 Å². The van der Waals surface area contributed by atoms with Gasteiger partial charge in [0.1, 0.15) is 0 Å². The third-order valence-electron chi connectivity index (χ3n) is 3.03. The van der Waals surface area contributed by atoms with Gasteiger partial charge in [-0.3, -0.25) is 4.79 Å². The van der Waals surface area contributed by atoms with Crippen molar-refractivity contribution in [3.63, 3.8) is 0 Å². The minimum atomic E-state index is -0.674. The van der Waals surface area contributed by atoms with E-state index in [9.17, 15) is 9.90 Å². The first-order chi connectivity index (χ1) is 9.99. The second-order valence-corrected chi connectivity index (χ2v) is 4.76. The number of nitrogens with zero attached hydrogens (tertiary/aromatic N) is 2. The molecule has 6 heteroatoms. The number of aliphatic hydroxyl groups is 1. The molecule has 2 N–H and O–H groups in total. The summed E-state index contributed by atoms with van der Waals surface area (Å²) in [5.41, 5.74) is 1.84. The van der Waals surface area contributed by atoms with E-state index in [1.807, 2.05) is 0 Å². The number of carbonyl (C=O) groups excluding carboxylic acids is 1. The molecule has 6 nitrogen and oxygen atoms in total. The molecule has 0 heterocycles. The standard InChI is InChI=1S/C15H21N3O3/c1-11(19)13-5-4-12(9-16)8-14(13)18(2)10-15(20)17-6-7-21-3/h4-5,8,11,19H,6-7,10H2,1-3H3,(H,17,20)/t11-/m0/s1. The van der Waals surface area contributed by atoms with Gasteiger partial charge in [0, 0.05) is 32.0 Å². The molecule has 0 fully saturated rings. The van der Waals surface area contributed by atoms with E-state index in [1.54, 1.807) is 44.2 Å². The van der Waals surface area contributed by atoms with E-state index in [0.29, 0.717) is 30.0 Å². The van der Waals surface area contributed by atoms with Crippen LogP contribution in [0.25, 0.3) is 0 Å². The molecule has 0 aliphatic carbocycles. The number of amides is 1. The summed E-state index contributed by atoms with van der Waals surface area (Å²) in [6.45, 7) is 2.69.